The molecule has 3 aromatic carbocycles. The molecular formula is C35H30N4O4S. The van der Waals surface area contributed by atoms with E-state index in [0.29, 0.717) is 62.4 Å². The van der Waals surface area contributed by atoms with E-state index in [4.69, 9.17) is 18.9 Å². The lowest BCUT2D eigenvalue weighted by molar-refractivity contribution is 0.0546. The molecule has 4 aromatic rings. The Bertz CT molecular complexity index is 1960. The van der Waals surface area contributed by atoms with Crippen molar-refractivity contribution in [1.82, 2.24) is 0 Å². The number of thiophene rings is 1. The first-order valence-corrected chi connectivity index (χ1v) is 15.6. The Morgan fingerprint density at radius 2 is 1.32 bits per heavy atom. The molecule has 1 aromatic heterocycles. The fraction of sp³-hybridized carbons (Fsp3) is 0.314. The SMILES string of the molecule is CCCCCCCCOc1ccc2c(=C(C#N)C#N)c3cc(OCC4COc5cscc5O4)ccc3c(=C(C#N)C#N)c2c1. The van der Waals surface area contributed by atoms with Gasteiger partial charge in [0, 0.05) is 21.2 Å². The van der Waals surface area contributed by atoms with Gasteiger partial charge in [0.1, 0.15) is 60.1 Å². The predicted octanol–water partition coefficient (Wildman–Crippen LogP) is 6.41. The van der Waals surface area contributed by atoms with Crippen molar-refractivity contribution in [3.05, 3.63) is 57.6 Å². The zero-order chi connectivity index (χ0) is 30.9. The molecule has 0 saturated carbocycles. The van der Waals surface area contributed by atoms with E-state index < -0.39 is 0 Å². The zero-order valence-electron chi connectivity index (χ0n) is 24.4. The molecule has 44 heavy (non-hydrogen) atoms. The molecular weight excluding hydrogens is 572 g/mol. The van der Waals surface area contributed by atoms with Crippen LogP contribution < -0.4 is 29.4 Å². The van der Waals surface area contributed by atoms with Gasteiger partial charge in [-0.25, -0.2) is 0 Å². The summed E-state index contributed by atoms with van der Waals surface area (Å²) in [5, 5.41) is 46.5. The lowest BCUT2D eigenvalue weighted by atomic mass is 9.93. The zero-order valence-corrected chi connectivity index (χ0v) is 25.2. The number of nitrogens with zero attached hydrogens (tertiary/aromatic N) is 4. The van der Waals surface area contributed by atoms with E-state index in [-0.39, 0.29) is 23.9 Å². The van der Waals surface area contributed by atoms with Crippen LogP contribution in [-0.4, -0.2) is 25.9 Å². The lowest BCUT2D eigenvalue weighted by Crippen LogP contribution is -2.34. The fourth-order valence-electron chi connectivity index (χ4n) is 5.38. The van der Waals surface area contributed by atoms with Crippen molar-refractivity contribution in [2.24, 2.45) is 0 Å². The molecule has 1 aliphatic heterocycles. The summed E-state index contributed by atoms with van der Waals surface area (Å²) < 4.78 is 23.9. The van der Waals surface area contributed by atoms with Crippen LogP contribution in [-0.2, 0) is 0 Å². The summed E-state index contributed by atoms with van der Waals surface area (Å²) in [6, 6.07) is 18.7. The molecule has 0 aliphatic carbocycles. The van der Waals surface area contributed by atoms with Crippen molar-refractivity contribution >= 4 is 44.0 Å². The summed E-state index contributed by atoms with van der Waals surface area (Å²) in [5.74, 6) is 2.47. The maximum absolute atomic E-state index is 9.94. The summed E-state index contributed by atoms with van der Waals surface area (Å²) in [6.07, 6.45) is 6.49. The predicted molar refractivity (Wildman–Crippen MR) is 169 cm³/mol. The van der Waals surface area contributed by atoms with Crippen molar-refractivity contribution in [2.75, 3.05) is 19.8 Å². The Labute approximate surface area is 259 Å². The van der Waals surface area contributed by atoms with E-state index in [0.717, 1.165) is 18.6 Å². The van der Waals surface area contributed by atoms with Crippen molar-refractivity contribution in [3.8, 4) is 47.3 Å². The first kappa shape index (κ1) is 30.2. The van der Waals surface area contributed by atoms with Crippen LogP contribution in [0.1, 0.15) is 45.4 Å². The molecule has 9 heteroatoms. The van der Waals surface area contributed by atoms with Gasteiger partial charge in [-0.2, -0.15) is 21.0 Å². The van der Waals surface area contributed by atoms with Crippen molar-refractivity contribution in [1.29, 1.82) is 21.0 Å². The quantitative estimate of drug-likeness (QED) is 0.142. The van der Waals surface area contributed by atoms with E-state index in [1.807, 2.05) is 35.0 Å². The second-order valence-corrected chi connectivity index (χ2v) is 11.2. The summed E-state index contributed by atoms with van der Waals surface area (Å²) in [7, 11) is 0. The van der Waals surface area contributed by atoms with Crippen LogP contribution in [0, 0.1) is 45.3 Å². The average molecular weight is 603 g/mol. The van der Waals surface area contributed by atoms with Gasteiger partial charge >= 0.3 is 0 Å². The number of rotatable bonds is 11. The van der Waals surface area contributed by atoms with Gasteiger partial charge in [-0.15, -0.1) is 11.3 Å². The second-order valence-electron chi connectivity index (χ2n) is 10.4. The smallest absolute Gasteiger partial charge is 0.172 e. The molecule has 220 valence electrons. The summed E-state index contributed by atoms with van der Waals surface area (Å²) in [4.78, 5) is 0. The molecule has 0 spiro atoms. The van der Waals surface area contributed by atoms with E-state index in [2.05, 4.69) is 6.92 Å². The molecule has 1 atom stereocenters. The minimum Gasteiger partial charge on any atom is -0.494 e. The maximum Gasteiger partial charge on any atom is 0.172 e. The van der Waals surface area contributed by atoms with Gasteiger partial charge in [-0.3, -0.25) is 0 Å². The molecule has 0 saturated heterocycles. The van der Waals surface area contributed by atoms with Gasteiger partial charge in [0.15, 0.2) is 17.6 Å². The van der Waals surface area contributed by atoms with Crippen molar-refractivity contribution in [3.63, 3.8) is 0 Å². The second kappa shape index (κ2) is 14.3. The summed E-state index contributed by atoms with van der Waals surface area (Å²) in [5.41, 5.74) is -0.169. The first-order valence-electron chi connectivity index (χ1n) is 14.6. The molecule has 0 fully saturated rings. The van der Waals surface area contributed by atoms with Crippen molar-refractivity contribution in [2.45, 2.75) is 51.6 Å². The van der Waals surface area contributed by atoms with Crippen LogP contribution in [0.5, 0.6) is 23.0 Å². The monoisotopic (exact) mass is 602 g/mol. The van der Waals surface area contributed by atoms with Crippen LogP contribution in [0.2, 0.25) is 0 Å². The molecule has 8 nitrogen and oxygen atoms in total. The van der Waals surface area contributed by atoms with E-state index in [1.165, 1.54) is 37.0 Å². The Morgan fingerprint density at radius 3 is 1.93 bits per heavy atom. The largest absolute Gasteiger partial charge is 0.494 e. The highest BCUT2D eigenvalue weighted by Crippen LogP contribution is 2.35. The van der Waals surface area contributed by atoms with Gasteiger partial charge in [0.25, 0.3) is 0 Å². The van der Waals surface area contributed by atoms with Gasteiger partial charge in [-0.1, -0.05) is 39.0 Å². The van der Waals surface area contributed by atoms with E-state index in [9.17, 15) is 21.0 Å². The number of nitriles is 4. The molecule has 1 aliphatic rings. The van der Waals surface area contributed by atoms with E-state index >= 15 is 0 Å². The van der Waals surface area contributed by atoms with Crippen LogP contribution in [0.25, 0.3) is 32.7 Å². The Morgan fingerprint density at radius 1 is 0.750 bits per heavy atom. The molecule has 1 unspecified atom stereocenters. The van der Waals surface area contributed by atoms with Crippen molar-refractivity contribution < 1.29 is 18.9 Å². The highest BCUT2D eigenvalue weighted by molar-refractivity contribution is 7.08. The Hall–Kier alpha value is -5.22. The average Bonchev–Trinajstić information content (AvgIpc) is 3.53. The number of hydrogen-bond acceptors (Lipinski definition) is 9. The minimum atomic E-state index is -0.327. The van der Waals surface area contributed by atoms with Gasteiger partial charge in [-0.05, 0) is 64.4 Å². The number of fused-ring (bicyclic) bond motifs is 3. The minimum absolute atomic E-state index is 0.0805. The molecule has 0 bridgehead atoms. The number of hydrogen-bond donors (Lipinski definition) is 0. The van der Waals surface area contributed by atoms with Gasteiger partial charge < -0.3 is 18.9 Å². The maximum atomic E-state index is 9.94. The third-order valence-corrected chi connectivity index (χ3v) is 8.22. The van der Waals surface area contributed by atoms with E-state index in [1.54, 1.807) is 36.4 Å². The Balaban J connectivity index is 1.56. The van der Waals surface area contributed by atoms with Gasteiger partial charge in [0.2, 0.25) is 0 Å². The first-order chi connectivity index (χ1) is 21.6. The fourth-order valence-corrected chi connectivity index (χ4v) is 6.05. The molecule has 0 radical (unpaired) electrons. The van der Waals surface area contributed by atoms with Crippen LogP contribution >= 0.6 is 11.3 Å². The summed E-state index contributed by atoms with van der Waals surface area (Å²) in [6.45, 7) is 3.27. The highest BCUT2D eigenvalue weighted by Gasteiger charge is 2.22. The third-order valence-electron chi connectivity index (χ3n) is 7.52. The molecule has 2 heterocycles. The number of ether oxygens (including phenoxy) is 4. The normalized spacial score (nSPS) is 13.3. The Kier molecular flexibility index (Phi) is 9.83. The van der Waals surface area contributed by atoms with Crippen LogP contribution in [0.4, 0.5) is 0 Å². The highest BCUT2D eigenvalue weighted by atomic mass is 32.1. The summed E-state index contributed by atoms with van der Waals surface area (Å²) >= 11 is 1.50. The lowest BCUT2D eigenvalue weighted by Gasteiger charge is -2.24. The standard InChI is InChI=1S/C35H30N4O4S/c1-2-3-4-5-6-7-12-40-25-8-10-28-30(13-25)34(23(15-36)16-37)29-11-9-26(14-31(29)35(28)24(17-38)18-39)41-19-27-20-42-32-21-44-22-33(32)43-27/h8-11,13-14,21-22,27H,2-7,12,19-20H2,1H3. The van der Waals surface area contributed by atoms with Gasteiger partial charge in [0.05, 0.1) is 6.61 Å². The molecule has 0 N–H and O–H groups in total. The van der Waals surface area contributed by atoms with Crippen LogP contribution in [0.3, 0.4) is 0 Å². The topological polar surface area (TPSA) is 132 Å². The number of unbranched alkanes of at least 4 members (excludes halogenated alkanes) is 5. The molecule has 5 rings (SSSR count). The van der Waals surface area contributed by atoms with Crippen LogP contribution in [0.15, 0.2) is 47.2 Å². The third kappa shape index (κ3) is 6.40. The molecule has 0 amide bonds. The number of benzene rings is 3.